The van der Waals surface area contributed by atoms with Crippen LogP contribution >= 0.6 is 18.2 Å². The summed E-state index contributed by atoms with van der Waals surface area (Å²) in [6.07, 6.45) is 15.4. The van der Waals surface area contributed by atoms with E-state index in [1.165, 1.54) is 64.2 Å². The lowest BCUT2D eigenvalue weighted by molar-refractivity contribution is 0.397. The van der Waals surface area contributed by atoms with Crippen LogP contribution in [0.25, 0.3) is 0 Å². The van der Waals surface area contributed by atoms with Crippen molar-refractivity contribution in [3.63, 3.8) is 0 Å². The van der Waals surface area contributed by atoms with Gasteiger partial charge in [-0.25, -0.2) is 4.57 Å². The molecule has 0 heterocycles. The second-order valence-electron chi connectivity index (χ2n) is 5.21. The molecule has 5 heteroatoms. The van der Waals surface area contributed by atoms with Crippen LogP contribution in [0.3, 0.4) is 0 Å². The van der Waals surface area contributed by atoms with Crippen molar-refractivity contribution in [3.05, 3.63) is 0 Å². The molecule has 0 unspecified atom stereocenters. The van der Waals surface area contributed by atoms with Crippen molar-refractivity contribution in [3.8, 4) is 0 Å². The Morgan fingerprint density at radius 1 is 0.737 bits per heavy atom. The molecule has 0 aliphatic rings. The molecule has 116 valence electrons. The highest BCUT2D eigenvalue weighted by Crippen LogP contribution is 2.50. The first-order valence-electron chi connectivity index (χ1n) is 7.76. The van der Waals surface area contributed by atoms with Gasteiger partial charge >= 0.3 is 6.80 Å². The summed E-state index contributed by atoms with van der Waals surface area (Å²) in [5.74, 6) is 0.585. The van der Waals surface area contributed by atoms with Crippen LogP contribution in [-0.2, 0) is 4.57 Å². The van der Waals surface area contributed by atoms with Crippen molar-refractivity contribution >= 4 is 18.2 Å². The van der Waals surface area contributed by atoms with Crippen LogP contribution in [0.2, 0.25) is 0 Å². The SMILES string of the molecule is CCCCCCCCCCCCCCSP(=O)(O)O. The summed E-state index contributed by atoms with van der Waals surface area (Å²) in [5, 5.41) is 0. The standard InChI is InChI=1S/C14H31O3PS/c1-2-3-4-5-6-7-8-9-10-11-12-13-14-19-18(15,16)17/h2-14H2,1H3,(H2,15,16,17). The molecule has 0 radical (unpaired) electrons. The quantitative estimate of drug-likeness (QED) is 0.328. The highest BCUT2D eigenvalue weighted by atomic mass is 32.7. The number of hydrogen-bond donors (Lipinski definition) is 2. The lowest BCUT2D eigenvalue weighted by Crippen LogP contribution is -1.84. The van der Waals surface area contributed by atoms with E-state index in [-0.39, 0.29) is 0 Å². The monoisotopic (exact) mass is 310 g/mol. The van der Waals surface area contributed by atoms with E-state index in [0.717, 1.165) is 24.2 Å². The molecule has 0 aliphatic heterocycles. The number of rotatable bonds is 14. The van der Waals surface area contributed by atoms with Crippen LogP contribution in [0.15, 0.2) is 0 Å². The average molecular weight is 310 g/mol. The van der Waals surface area contributed by atoms with Gasteiger partial charge in [0.2, 0.25) is 0 Å². The minimum absolute atomic E-state index is 0.585. The Labute approximate surface area is 122 Å². The van der Waals surface area contributed by atoms with Crippen LogP contribution in [0, 0.1) is 0 Å². The van der Waals surface area contributed by atoms with E-state index in [4.69, 9.17) is 9.79 Å². The van der Waals surface area contributed by atoms with Gasteiger partial charge in [0.15, 0.2) is 0 Å². The van der Waals surface area contributed by atoms with E-state index in [9.17, 15) is 4.57 Å². The largest absolute Gasteiger partial charge is 0.383 e. The molecule has 0 aromatic carbocycles. The van der Waals surface area contributed by atoms with Gasteiger partial charge in [-0.05, 0) is 17.8 Å². The Hall–Kier alpha value is 0.500. The molecule has 0 bridgehead atoms. The third-order valence-corrected chi connectivity index (χ3v) is 5.62. The molecule has 2 N–H and O–H groups in total. The van der Waals surface area contributed by atoms with E-state index >= 15 is 0 Å². The molecule has 0 saturated carbocycles. The predicted octanol–water partition coefficient (Wildman–Crippen LogP) is 5.51. The third kappa shape index (κ3) is 18.5. The fourth-order valence-electron chi connectivity index (χ4n) is 2.13. The molecule has 0 fully saturated rings. The van der Waals surface area contributed by atoms with Crippen molar-refractivity contribution in [2.24, 2.45) is 0 Å². The molecule has 0 amide bonds. The first-order chi connectivity index (χ1) is 9.06. The van der Waals surface area contributed by atoms with Gasteiger partial charge in [-0.1, -0.05) is 77.6 Å². The minimum Gasteiger partial charge on any atom is -0.317 e. The third-order valence-electron chi connectivity index (χ3n) is 3.26. The second-order valence-corrected chi connectivity index (χ2v) is 9.06. The molecular formula is C14H31O3PS. The van der Waals surface area contributed by atoms with Gasteiger partial charge in [0.25, 0.3) is 0 Å². The van der Waals surface area contributed by atoms with Gasteiger partial charge in [0, 0.05) is 5.75 Å². The van der Waals surface area contributed by atoms with Crippen LogP contribution < -0.4 is 0 Å². The molecule has 19 heavy (non-hydrogen) atoms. The van der Waals surface area contributed by atoms with Gasteiger partial charge < -0.3 is 9.79 Å². The Kier molecular flexibility index (Phi) is 13.8. The molecule has 0 spiro atoms. The number of unbranched alkanes of at least 4 members (excludes halogenated alkanes) is 11. The maximum absolute atomic E-state index is 10.6. The summed E-state index contributed by atoms with van der Waals surface area (Å²) in [6, 6.07) is 0. The first-order valence-corrected chi connectivity index (χ1v) is 11.0. The van der Waals surface area contributed by atoms with Gasteiger partial charge in [-0.3, -0.25) is 0 Å². The van der Waals surface area contributed by atoms with Crippen LogP contribution in [0.1, 0.15) is 84.0 Å². The topological polar surface area (TPSA) is 57.5 Å². The van der Waals surface area contributed by atoms with Crippen molar-refractivity contribution in [1.82, 2.24) is 0 Å². The smallest absolute Gasteiger partial charge is 0.317 e. The van der Waals surface area contributed by atoms with E-state index in [2.05, 4.69) is 6.92 Å². The van der Waals surface area contributed by atoms with Crippen molar-refractivity contribution in [2.45, 2.75) is 84.0 Å². The molecule has 0 aliphatic carbocycles. The van der Waals surface area contributed by atoms with Gasteiger partial charge in [0.05, 0.1) is 0 Å². The number of hydrogen-bond acceptors (Lipinski definition) is 2. The zero-order valence-corrected chi connectivity index (χ0v) is 14.1. The van der Waals surface area contributed by atoms with Crippen LogP contribution in [-0.4, -0.2) is 15.5 Å². The zero-order chi connectivity index (χ0) is 14.4. The van der Waals surface area contributed by atoms with Crippen molar-refractivity contribution in [1.29, 1.82) is 0 Å². The molecule has 0 aromatic heterocycles. The van der Waals surface area contributed by atoms with E-state index in [0.29, 0.717) is 5.75 Å². The maximum Gasteiger partial charge on any atom is 0.383 e. The van der Waals surface area contributed by atoms with E-state index < -0.39 is 6.80 Å². The summed E-state index contributed by atoms with van der Waals surface area (Å²) in [7, 11) is 0. The van der Waals surface area contributed by atoms with Crippen molar-refractivity contribution < 1.29 is 14.4 Å². The Bertz CT molecular complexity index is 231. The van der Waals surface area contributed by atoms with Gasteiger partial charge in [-0.2, -0.15) is 0 Å². The first kappa shape index (κ1) is 19.5. The Morgan fingerprint density at radius 2 is 1.11 bits per heavy atom. The molecule has 3 nitrogen and oxygen atoms in total. The van der Waals surface area contributed by atoms with Crippen LogP contribution in [0.5, 0.6) is 0 Å². The second kappa shape index (κ2) is 13.5. The van der Waals surface area contributed by atoms with Gasteiger partial charge in [-0.15, -0.1) is 0 Å². The Balaban J connectivity index is 3.01. The molecule has 0 saturated heterocycles. The highest BCUT2D eigenvalue weighted by molar-refractivity contribution is 8.54. The molecule has 0 aromatic rings. The molecule has 0 rings (SSSR count). The summed E-state index contributed by atoms with van der Waals surface area (Å²) in [6.45, 7) is -1.58. The summed E-state index contributed by atoms with van der Waals surface area (Å²) in [5.41, 5.74) is 0. The zero-order valence-electron chi connectivity index (χ0n) is 12.4. The van der Waals surface area contributed by atoms with Gasteiger partial charge in [0.1, 0.15) is 0 Å². The maximum atomic E-state index is 10.6. The van der Waals surface area contributed by atoms with Crippen LogP contribution in [0.4, 0.5) is 0 Å². The average Bonchev–Trinajstić information content (AvgIpc) is 2.34. The molecular weight excluding hydrogens is 279 g/mol. The van der Waals surface area contributed by atoms with Crippen molar-refractivity contribution in [2.75, 3.05) is 5.75 Å². The summed E-state index contributed by atoms with van der Waals surface area (Å²) < 4.78 is 10.6. The lowest BCUT2D eigenvalue weighted by Gasteiger charge is -2.04. The molecule has 0 atom stereocenters. The lowest BCUT2D eigenvalue weighted by atomic mass is 10.1. The van der Waals surface area contributed by atoms with E-state index in [1.54, 1.807) is 0 Å². The summed E-state index contributed by atoms with van der Waals surface area (Å²) >= 11 is 0.782. The normalized spacial score (nSPS) is 11.9. The fraction of sp³-hybridized carbons (Fsp3) is 1.00. The predicted molar refractivity (Wildman–Crippen MR) is 85.6 cm³/mol. The minimum atomic E-state index is -3.83. The summed E-state index contributed by atoms with van der Waals surface area (Å²) in [4.78, 5) is 17.3. The Morgan fingerprint density at radius 3 is 1.47 bits per heavy atom. The highest BCUT2D eigenvalue weighted by Gasteiger charge is 2.11. The van der Waals surface area contributed by atoms with E-state index in [1.807, 2.05) is 0 Å². The fourth-order valence-corrected chi connectivity index (χ4v) is 3.80.